The number of aliphatic hydroxyl groups is 1. The number of amides is 1. The predicted molar refractivity (Wildman–Crippen MR) is 92.7 cm³/mol. The summed E-state index contributed by atoms with van der Waals surface area (Å²) in [5, 5.41) is 13.6. The van der Waals surface area contributed by atoms with E-state index in [1.807, 2.05) is 0 Å². The number of rotatable bonds is 7. The Morgan fingerprint density at radius 1 is 1.12 bits per heavy atom. The minimum atomic E-state index is -0.834. The van der Waals surface area contributed by atoms with Gasteiger partial charge in [0.15, 0.2) is 11.5 Å². The third-order valence-corrected chi connectivity index (χ3v) is 3.81. The van der Waals surface area contributed by atoms with Crippen LogP contribution in [-0.4, -0.2) is 31.8 Å². The van der Waals surface area contributed by atoms with E-state index in [0.29, 0.717) is 22.1 Å². The Labute approximate surface area is 146 Å². The molecule has 0 saturated heterocycles. The summed E-state index contributed by atoms with van der Waals surface area (Å²) in [5.74, 6) is 0.943. The van der Waals surface area contributed by atoms with Gasteiger partial charge in [-0.05, 0) is 35.4 Å². The van der Waals surface area contributed by atoms with Gasteiger partial charge in [-0.25, -0.2) is 0 Å². The number of benzene rings is 2. The number of carbonyl (C=O) groups excluding carboxylic acids is 1. The zero-order valence-electron chi connectivity index (χ0n) is 13.6. The van der Waals surface area contributed by atoms with Crippen LogP contribution in [0.3, 0.4) is 0 Å². The zero-order chi connectivity index (χ0) is 17.5. The predicted octanol–water partition coefficient (Wildman–Crippen LogP) is 2.75. The maximum absolute atomic E-state index is 12.0. The van der Waals surface area contributed by atoms with Gasteiger partial charge in [-0.3, -0.25) is 4.79 Å². The third kappa shape index (κ3) is 4.88. The summed E-state index contributed by atoms with van der Waals surface area (Å²) in [6, 6.07) is 12.2. The molecule has 0 bridgehead atoms. The SMILES string of the molecule is COc1ccc(C(O)CNC(=O)Cc2ccc(Cl)cc2)cc1OC. The maximum Gasteiger partial charge on any atom is 0.224 e. The molecule has 0 radical (unpaired) electrons. The first-order valence-electron chi connectivity index (χ1n) is 7.44. The molecule has 0 heterocycles. The molecular weight excluding hydrogens is 330 g/mol. The number of ether oxygens (including phenoxy) is 2. The second kappa shape index (κ2) is 8.57. The van der Waals surface area contributed by atoms with Gasteiger partial charge in [0, 0.05) is 11.6 Å². The third-order valence-electron chi connectivity index (χ3n) is 3.56. The standard InChI is InChI=1S/C18H20ClNO4/c1-23-16-8-5-13(10-17(16)24-2)15(21)11-20-18(22)9-12-3-6-14(19)7-4-12/h3-8,10,15,21H,9,11H2,1-2H3,(H,20,22). The highest BCUT2D eigenvalue weighted by molar-refractivity contribution is 6.30. The topological polar surface area (TPSA) is 67.8 Å². The number of aliphatic hydroxyl groups excluding tert-OH is 1. The molecule has 0 spiro atoms. The van der Waals surface area contributed by atoms with Crippen molar-refractivity contribution in [1.82, 2.24) is 5.32 Å². The minimum absolute atomic E-state index is 0.113. The molecule has 0 fully saturated rings. The molecule has 2 aromatic rings. The molecule has 1 atom stereocenters. The molecule has 24 heavy (non-hydrogen) atoms. The number of methoxy groups -OCH3 is 2. The zero-order valence-corrected chi connectivity index (χ0v) is 14.3. The van der Waals surface area contributed by atoms with Crippen LogP contribution < -0.4 is 14.8 Å². The Balaban J connectivity index is 1.91. The molecule has 6 heteroatoms. The van der Waals surface area contributed by atoms with E-state index in [1.165, 1.54) is 7.11 Å². The summed E-state index contributed by atoms with van der Waals surface area (Å²) < 4.78 is 10.4. The summed E-state index contributed by atoms with van der Waals surface area (Å²) in [6.07, 6.45) is -0.602. The molecule has 128 valence electrons. The molecule has 0 aliphatic heterocycles. The summed E-state index contributed by atoms with van der Waals surface area (Å²) in [7, 11) is 3.08. The van der Waals surface area contributed by atoms with Crippen molar-refractivity contribution in [3.8, 4) is 11.5 Å². The van der Waals surface area contributed by atoms with Crippen molar-refractivity contribution in [1.29, 1.82) is 0 Å². The average Bonchev–Trinajstić information content (AvgIpc) is 2.61. The number of nitrogens with one attached hydrogen (secondary N) is 1. The van der Waals surface area contributed by atoms with Crippen molar-refractivity contribution in [3.05, 3.63) is 58.6 Å². The number of halogens is 1. The van der Waals surface area contributed by atoms with Crippen LogP contribution in [0.4, 0.5) is 0 Å². The molecular formula is C18H20ClNO4. The summed E-state index contributed by atoms with van der Waals surface area (Å²) in [5.41, 5.74) is 1.50. The molecule has 2 aromatic carbocycles. The highest BCUT2D eigenvalue weighted by Crippen LogP contribution is 2.29. The van der Waals surface area contributed by atoms with Crippen LogP contribution >= 0.6 is 11.6 Å². The average molecular weight is 350 g/mol. The van der Waals surface area contributed by atoms with Crippen molar-refractivity contribution >= 4 is 17.5 Å². The van der Waals surface area contributed by atoms with Gasteiger partial charge in [-0.1, -0.05) is 29.8 Å². The summed E-state index contributed by atoms with van der Waals surface area (Å²) >= 11 is 5.81. The highest BCUT2D eigenvalue weighted by Gasteiger charge is 2.13. The second-order valence-corrected chi connectivity index (χ2v) is 5.67. The smallest absolute Gasteiger partial charge is 0.224 e. The van der Waals surface area contributed by atoms with Gasteiger partial charge in [-0.15, -0.1) is 0 Å². The largest absolute Gasteiger partial charge is 0.493 e. The molecule has 1 amide bonds. The number of carbonyl (C=O) groups is 1. The van der Waals surface area contributed by atoms with Gasteiger partial charge in [0.05, 0.1) is 26.7 Å². The Morgan fingerprint density at radius 2 is 1.79 bits per heavy atom. The van der Waals surface area contributed by atoms with E-state index in [1.54, 1.807) is 49.6 Å². The highest BCUT2D eigenvalue weighted by atomic mass is 35.5. The van der Waals surface area contributed by atoms with E-state index in [-0.39, 0.29) is 18.9 Å². The first kappa shape index (κ1) is 18.1. The van der Waals surface area contributed by atoms with Crippen LogP contribution in [0.1, 0.15) is 17.2 Å². The van der Waals surface area contributed by atoms with E-state index >= 15 is 0 Å². The van der Waals surface area contributed by atoms with E-state index in [2.05, 4.69) is 5.32 Å². The Morgan fingerprint density at radius 3 is 2.42 bits per heavy atom. The van der Waals surface area contributed by atoms with Crippen LogP contribution in [0, 0.1) is 0 Å². The molecule has 5 nitrogen and oxygen atoms in total. The van der Waals surface area contributed by atoms with E-state index in [9.17, 15) is 9.90 Å². The van der Waals surface area contributed by atoms with Crippen molar-refractivity contribution in [2.45, 2.75) is 12.5 Å². The molecule has 0 aliphatic carbocycles. The first-order chi connectivity index (χ1) is 11.5. The van der Waals surface area contributed by atoms with Gasteiger partial charge in [0.25, 0.3) is 0 Å². The van der Waals surface area contributed by atoms with Gasteiger partial charge in [0.1, 0.15) is 0 Å². The quantitative estimate of drug-likeness (QED) is 0.806. The molecule has 1 unspecified atom stereocenters. The lowest BCUT2D eigenvalue weighted by Crippen LogP contribution is -2.29. The fourth-order valence-corrected chi connectivity index (χ4v) is 2.36. The second-order valence-electron chi connectivity index (χ2n) is 5.24. The van der Waals surface area contributed by atoms with Crippen molar-refractivity contribution < 1.29 is 19.4 Å². The monoisotopic (exact) mass is 349 g/mol. The van der Waals surface area contributed by atoms with Gasteiger partial charge in [-0.2, -0.15) is 0 Å². The van der Waals surface area contributed by atoms with Crippen LogP contribution in [0.15, 0.2) is 42.5 Å². The normalized spacial score (nSPS) is 11.7. The fraction of sp³-hybridized carbons (Fsp3) is 0.278. The maximum atomic E-state index is 12.0. The fourth-order valence-electron chi connectivity index (χ4n) is 2.24. The number of hydrogen-bond acceptors (Lipinski definition) is 4. The van der Waals surface area contributed by atoms with Crippen molar-refractivity contribution in [2.24, 2.45) is 0 Å². The van der Waals surface area contributed by atoms with Crippen molar-refractivity contribution in [2.75, 3.05) is 20.8 Å². The Hall–Kier alpha value is -2.24. The van der Waals surface area contributed by atoms with Crippen LogP contribution in [-0.2, 0) is 11.2 Å². The molecule has 0 aliphatic rings. The van der Waals surface area contributed by atoms with E-state index in [0.717, 1.165) is 5.56 Å². The van der Waals surface area contributed by atoms with Gasteiger partial charge in [0.2, 0.25) is 5.91 Å². The van der Waals surface area contributed by atoms with E-state index < -0.39 is 6.10 Å². The van der Waals surface area contributed by atoms with Crippen LogP contribution in [0.25, 0.3) is 0 Å². The molecule has 2 N–H and O–H groups in total. The van der Waals surface area contributed by atoms with Crippen LogP contribution in [0.5, 0.6) is 11.5 Å². The molecule has 0 saturated carbocycles. The lowest BCUT2D eigenvalue weighted by atomic mass is 10.1. The number of hydrogen-bond donors (Lipinski definition) is 2. The molecule has 2 rings (SSSR count). The van der Waals surface area contributed by atoms with E-state index in [4.69, 9.17) is 21.1 Å². The molecule has 0 aromatic heterocycles. The van der Waals surface area contributed by atoms with Gasteiger partial charge < -0.3 is 19.9 Å². The minimum Gasteiger partial charge on any atom is -0.493 e. The lowest BCUT2D eigenvalue weighted by molar-refractivity contribution is -0.120. The lowest BCUT2D eigenvalue weighted by Gasteiger charge is -2.15. The Kier molecular flexibility index (Phi) is 6.46. The summed E-state index contributed by atoms with van der Waals surface area (Å²) in [4.78, 5) is 12.0. The van der Waals surface area contributed by atoms with Crippen molar-refractivity contribution in [3.63, 3.8) is 0 Å². The van der Waals surface area contributed by atoms with Gasteiger partial charge >= 0.3 is 0 Å². The first-order valence-corrected chi connectivity index (χ1v) is 7.82. The Bertz CT molecular complexity index is 688. The van der Waals surface area contributed by atoms with Crippen LogP contribution in [0.2, 0.25) is 5.02 Å². The summed E-state index contributed by atoms with van der Waals surface area (Å²) in [6.45, 7) is 0.113.